The normalized spacial score (nSPS) is 10.1. The van der Waals surface area contributed by atoms with Gasteiger partial charge in [0, 0.05) is 13.1 Å². The van der Waals surface area contributed by atoms with Crippen LogP contribution >= 0.6 is 0 Å². The Morgan fingerprint density at radius 1 is 1.67 bits per heavy atom. The molecule has 0 bridgehead atoms. The van der Waals surface area contributed by atoms with Crippen LogP contribution in [0.25, 0.3) is 0 Å². The van der Waals surface area contributed by atoms with Crippen LogP contribution in [0.5, 0.6) is 0 Å². The van der Waals surface area contributed by atoms with E-state index in [9.17, 15) is 14.9 Å². The average Bonchev–Trinajstić information content (AvgIpc) is 2.34. The standard InChI is InChI=1S/C10H14N4O4/c1-2-13(3-4-15)10(16)7-5-9(11)12-6-8(7)14(17)18/h5-6,15H,2-4H2,1H3,(H2,11,12). The summed E-state index contributed by atoms with van der Waals surface area (Å²) in [5.74, 6) is -0.517. The molecular weight excluding hydrogens is 240 g/mol. The molecule has 1 heterocycles. The van der Waals surface area contributed by atoms with Gasteiger partial charge in [0.15, 0.2) is 0 Å². The van der Waals surface area contributed by atoms with Gasteiger partial charge >= 0.3 is 0 Å². The molecule has 1 aromatic rings. The molecule has 8 nitrogen and oxygen atoms in total. The Hall–Kier alpha value is -2.22. The zero-order chi connectivity index (χ0) is 13.7. The Labute approximate surface area is 103 Å². The number of amides is 1. The van der Waals surface area contributed by atoms with E-state index in [0.29, 0.717) is 6.54 Å². The Balaban J connectivity index is 3.17. The summed E-state index contributed by atoms with van der Waals surface area (Å²) < 4.78 is 0. The number of aliphatic hydroxyl groups excluding tert-OH is 1. The zero-order valence-corrected chi connectivity index (χ0v) is 9.87. The lowest BCUT2D eigenvalue weighted by Gasteiger charge is -2.19. The first-order valence-corrected chi connectivity index (χ1v) is 5.31. The van der Waals surface area contributed by atoms with Gasteiger partial charge in [-0.1, -0.05) is 0 Å². The largest absolute Gasteiger partial charge is 0.395 e. The SMILES string of the molecule is CCN(CCO)C(=O)c1cc(N)ncc1[N+](=O)[O-]. The van der Waals surface area contributed by atoms with Crippen LogP contribution in [0, 0.1) is 10.1 Å². The highest BCUT2D eigenvalue weighted by Crippen LogP contribution is 2.20. The third-order valence-electron chi connectivity index (χ3n) is 2.37. The van der Waals surface area contributed by atoms with Crippen molar-refractivity contribution in [1.82, 2.24) is 9.88 Å². The van der Waals surface area contributed by atoms with Crippen molar-refractivity contribution >= 4 is 17.4 Å². The van der Waals surface area contributed by atoms with Crippen LogP contribution in [-0.4, -0.2) is 45.5 Å². The third-order valence-corrected chi connectivity index (χ3v) is 2.37. The summed E-state index contributed by atoms with van der Waals surface area (Å²) in [4.78, 5) is 27.1. The second-order valence-corrected chi connectivity index (χ2v) is 3.49. The second-order valence-electron chi connectivity index (χ2n) is 3.49. The topological polar surface area (TPSA) is 123 Å². The molecule has 0 saturated carbocycles. The molecule has 0 aliphatic carbocycles. The number of pyridine rings is 1. The number of carbonyl (C=O) groups is 1. The molecule has 0 fully saturated rings. The minimum absolute atomic E-state index is 0.0315. The number of nitrogens with two attached hydrogens (primary N) is 1. The van der Waals surface area contributed by atoms with Crippen LogP contribution in [0.1, 0.15) is 17.3 Å². The van der Waals surface area contributed by atoms with E-state index in [1.165, 1.54) is 11.0 Å². The van der Waals surface area contributed by atoms with Crippen LogP contribution in [-0.2, 0) is 0 Å². The number of anilines is 1. The van der Waals surface area contributed by atoms with Crippen LogP contribution in [0.15, 0.2) is 12.3 Å². The molecule has 18 heavy (non-hydrogen) atoms. The summed E-state index contributed by atoms with van der Waals surface area (Å²) in [7, 11) is 0. The summed E-state index contributed by atoms with van der Waals surface area (Å²) in [5.41, 5.74) is 4.91. The van der Waals surface area contributed by atoms with E-state index in [-0.39, 0.29) is 24.5 Å². The number of hydrogen-bond acceptors (Lipinski definition) is 6. The number of likely N-dealkylation sites (N-methyl/N-ethyl adjacent to an activating group) is 1. The average molecular weight is 254 g/mol. The van der Waals surface area contributed by atoms with Crippen LogP contribution < -0.4 is 5.73 Å². The summed E-state index contributed by atoms with van der Waals surface area (Å²) in [6.07, 6.45) is 0.954. The minimum atomic E-state index is -0.688. The molecule has 0 aromatic carbocycles. The zero-order valence-electron chi connectivity index (χ0n) is 9.87. The van der Waals surface area contributed by atoms with Crippen molar-refractivity contribution in [2.45, 2.75) is 6.92 Å². The van der Waals surface area contributed by atoms with Gasteiger partial charge in [0.1, 0.15) is 17.6 Å². The summed E-state index contributed by atoms with van der Waals surface area (Å²) >= 11 is 0. The number of carbonyl (C=O) groups excluding carboxylic acids is 1. The fourth-order valence-corrected chi connectivity index (χ4v) is 1.48. The number of aliphatic hydroxyl groups is 1. The molecule has 0 aliphatic rings. The van der Waals surface area contributed by atoms with Gasteiger partial charge in [-0.25, -0.2) is 4.98 Å². The third kappa shape index (κ3) is 2.92. The van der Waals surface area contributed by atoms with Crippen molar-refractivity contribution in [3.63, 3.8) is 0 Å². The molecule has 8 heteroatoms. The summed E-state index contributed by atoms with van der Waals surface area (Å²) in [6.45, 7) is 1.94. The van der Waals surface area contributed by atoms with Crippen molar-refractivity contribution in [1.29, 1.82) is 0 Å². The number of rotatable bonds is 5. The maximum absolute atomic E-state index is 12.1. The number of nitrogens with zero attached hydrogens (tertiary/aromatic N) is 3. The molecule has 0 spiro atoms. The fraction of sp³-hybridized carbons (Fsp3) is 0.400. The number of nitro groups is 1. The number of hydrogen-bond donors (Lipinski definition) is 2. The lowest BCUT2D eigenvalue weighted by atomic mass is 10.2. The molecule has 1 rings (SSSR count). The fourth-order valence-electron chi connectivity index (χ4n) is 1.48. The van der Waals surface area contributed by atoms with Crippen molar-refractivity contribution in [3.8, 4) is 0 Å². The van der Waals surface area contributed by atoms with E-state index in [1.807, 2.05) is 0 Å². The van der Waals surface area contributed by atoms with Crippen LogP contribution in [0.4, 0.5) is 11.5 Å². The van der Waals surface area contributed by atoms with E-state index < -0.39 is 16.5 Å². The van der Waals surface area contributed by atoms with E-state index >= 15 is 0 Å². The van der Waals surface area contributed by atoms with Crippen molar-refractivity contribution in [2.75, 3.05) is 25.4 Å². The van der Waals surface area contributed by atoms with Gasteiger partial charge < -0.3 is 15.7 Å². The monoisotopic (exact) mass is 254 g/mol. The first-order chi connectivity index (χ1) is 8.51. The molecule has 98 valence electrons. The first kappa shape index (κ1) is 13.8. The van der Waals surface area contributed by atoms with Crippen molar-refractivity contribution < 1.29 is 14.8 Å². The predicted molar refractivity (Wildman–Crippen MR) is 64.0 cm³/mol. The van der Waals surface area contributed by atoms with Crippen LogP contribution in [0.3, 0.4) is 0 Å². The van der Waals surface area contributed by atoms with Gasteiger partial charge in [0.2, 0.25) is 0 Å². The van der Waals surface area contributed by atoms with E-state index in [2.05, 4.69) is 4.98 Å². The van der Waals surface area contributed by atoms with Crippen LogP contribution in [0.2, 0.25) is 0 Å². The Morgan fingerprint density at radius 2 is 2.33 bits per heavy atom. The highest BCUT2D eigenvalue weighted by atomic mass is 16.6. The number of nitrogen functional groups attached to an aromatic ring is 1. The van der Waals surface area contributed by atoms with Gasteiger partial charge in [0.05, 0.1) is 11.5 Å². The van der Waals surface area contributed by atoms with Crippen molar-refractivity contribution in [3.05, 3.63) is 27.9 Å². The molecule has 0 unspecified atom stereocenters. The molecule has 0 atom stereocenters. The van der Waals surface area contributed by atoms with E-state index in [0.717, 1.165) is 6.20 Å². The van der Waals surface area contributed by atoms with Crippen molar-refractivity contribution in [2.24, 2.45) is 0 Å². The second kappa shape index (κ2) is 5.92. The highest BCUT2D eigenvalue weighted by Gasteiger charge is 2.24. The van der Waals surface area contributed by atoms with Gasteiger partial charge in [-0.05, 0) is 13.0 Å². The molecule has 1 amide bonds. The lowest BCUT2D eigenvalue weighted by molar-refractivity contribution is -0.385. The maximum Gasteiger partial charge on any atom is 0.300 e. The summed E-state index contributed by atoms with van der Waals surface area (Å²) in [6, 6.07) is 1.17. The van der Waals surface area contributed by atoms with Gasteiger partial charge in [-0.3, -0.25) is 14.9 Å². The minimum Gasteiger partial charge on any atom is -0.395 e. The lowest BCUT2D eigenvalue weighted by Crippen LogP contribution is -2.33. The Morgan fingerprint density at radius 3 is 2.83 bits per heavy atom. The quantitative estimate of drug-likeness (QED) is 0.564. The van der Waals surface area contributed by atoms with E-state index in [1.54, 1.807) is 6.92 Å². The number of aromatic nitrogens is 1. The molecule has 0 radical (unpaired) electrons. The van der Waals surface area contributed by atoms with Gasteiger partial charge in [-0.15, -0.1) is 0 Å². The molecule has 3 N–H and O–H groups in total. The maximum atomic E-state index is 12.1. The molecular formula is C10H14N4O4. The molecule has 1 aromatic heterocycles. The van der Waals surface area contributed by atoms with Gasteiger partial charge in [-0.2, -0.15) is 0 Å². The first-order valence-electron chi connectivity index (χ1n) is 5.31. The smallest absolute Gasteiger partial charge is 0.300 e. The Bertz CT molecular complexity index is 463. The predicted octanol–water partition coefficient (Wildman–Crippen LogP) is 0.0264. The highest BCUT2D eigenvalue weighted by molar-refractivity contribution is 5.98. The van der Waals surface area contributed by atoms with Gasteiger partial charge in [0.25, 0.3) is 11.6 Å². The molecule has 0 saturated heterocycles. The van der Waals surface area contributed by atoms with E-state index in [4.69, 9.17) is 10.8 Å². The molecule has 0 aliphatic heterocycles. The Kier molecular flexibility index (Phi) is 4.55. The summed E-state index contributed by atoms with van der Waals surface area (Å²) in [5, 5.41) is 19.6.